The van der Waals surface area contributed by atoms with Crippen molar-refractivity contribution < 1.29 is 23.2 Å². The first kappa shape index (κ1) is 20.5. The highest BCUT2D eigenvalue weighted by Gasteiger charge is 2.15. The second kappa shape index (κ2) is 8.97. The molecule has 8 nitrogen and oxygen atoms in total. The Bertz CT molecular complexity index is 1220. The van der Waals surface area contributed by atoms with E-state index in [9.17, 15) is 9.59 Å². The minimum atomic E-state index is -0.586. The SMILES string of the molecule is Cc1ccc(C(=O)OCc2nnc(-c3ccc(Br)cc3)o2)cc1NC(=O)c1ccco1. The van der Waals surface area contributed by atoms with E-state index >= 15 is 0 Å². The van der Waals surface area contributed by atoms with Crippen LogP contribution in [0.2, 0.25) is 0 Å². The fourth-order valence-electron chi connectivity index (χ4n) is 2.71. The molecule has 0 aliphatic carbocycles. The van der Waals surface area contributed by atoms with Gasteiger partial charge in [-0.15, -0.1) is 10.2 Å². The van der Waals surface area contributed by atoms with Gasteiger partial charge in [0.05, 0.1) is 11.8 Å². The van der Waals surface area contributed by atoms with Crippen molar-refractivity contribution in [1.82, 2.24) is 10.2 Å². The average molecular weight is 482 g/mol. The molecule has 31 heavy (non-hydrogen) atoms. The normalized spacial score (nSPS) is 10.6. The minimum Gasteiger partial charge on any atom is -0.459 e. The molecule has 2 heterocycles. The van der Waals surface area contributed by atoms with Gasteiger partial charge in [0.25, 0.3) is 11.8 Å². The highest BCUT2D eigenvalue weighted by molar-refractivity contribution is 9.10. The van der Waals surface area contributed by atoms with E-state index in [1.165, 1.54) is 6.26 Å². The molecular weight excluding hydrogens is 466 g/mol. The maximum Gasteiger partial charge on any atom is 0.338 e. The lowest BCUT2D eigenvalue weighted by Crippen LogP contribution is -2.13. The maximum absolute atomic E-state index is 12.5. The standard InChI is InChI=1S/C22H16BrN3O5/c1-13-4-5-15(11-17(13)24-20(27)18-3-2-10-29-18)22(28)30-12-19-25-26-21(31-19)14-6-8-16(23)9-7-14/h2-11H,12H2,1H3,(H,24,27). The monoisotopic (exact) mass is 481 g/mol. The number of amides is 1. The van der Waals surface area contributed by atoms with E-state index in [-0.39, 0.29) is 23.8 Å². The van der Waals surface area contributed by atoms with Crippen LogP contribution in [0.25, 0.3) is 11.5 Å². The summed E-state index contributed by atoms with van der Waals surface area (Å²) in [7, 11) is 0. The van der Waals surface area contributed by atoms with Crippen molar-refractivity contribution >= 4 is 33.5 Å². The van der Waals surface area contributed by atoms with E-state index in [2.05, 4.69) is 31.4 Å². The summed E-state index contributed by atoms with van der Waals surface area (Å²) in [6.45, 7) is 1.64. The smallest absolute Gasteiger partial charge is 0.338 e. The molecule has 0 saturated carbocycles. The first-order chi connectivity index (χ1) is 15.0. The third-order valence-electron chi connectivity index (χ3n) is 4.35. The zero-order valence-corrected chi connectivity index (χ0v) is 17.9. The number of hydrogen-bond acceptors (Lipinski definition) is 7. The van der Waals surface area contributed by atoms with Crippen molar-refractivity contribution in [3.05, 3.63) is 88.1 Å². The van der Waals surface area contributed by atoms with E-state index in [4.69, 9.17) is 13.6 Å². The molecule has 0 saturated heterocycles. The summed E-state index contributed by atoms with van der Waals surface area (Å²) in [6.07, 6.45) is 1.41. The number of furan rings is 1. The van der Waals surface area contributed by atoms with Crippen LogP contribution in [0, 0.1) is 6.92 Å². The number of carbonyl (C=O) groups excluding carboxylic acids is 2. The highest BCUT2D eigenvalue weighted by atomic mass is 79.9. The van der Waals surface area contributed by atoms with Crippen LogP contribution >= 0.6 is 15.9 Å². The third-order valence-corrected chi connectivity index (χ3v) is 4.88. The fraction of sp³-hybridized carbons (Fsp3) is 0.0909. The molecule has 9 heteroatoms. The van der Waals surface area contributed by atoms with Gasteiger partial charge < -0.3 is 18.9 Å². The van der Waals surface area contributed by atoms with Gasteiger partial charge in [0.15, 0.2) is 12.4 Å². The van der Waals surface area contributed by atoms with Crippen molar-refractivity contribution in [2.45, 2.75) is 13.5 Å². The molecule has 1 amide bonds. The number of ether oxygens (including phenoxy) is 1. The Morgan fingerprint density at radius 1 is 1.10 bits per heavy atom. The van der Waals surface area contributed by atoms with Crippen LogP contribution in [0.15, 0.2) is 74.2 Å². The van der Waals surface area contributed by atoms with Crippen molar-refractivity contribution in [3.63, 3.8) is 0 Å². The van der Waals surface area contributed by atoms with Gasteiger partial charge in [0.2, 0.25) is 5.89 Å². The van der Waals surface area contributed by atoms with Gasteiger partial charge in [-0.05, 0) is 61.0 Å². The predicted octanol–water partition coefficient (Wildman–Crippen LogP) is 5.01. The molecule has 4 rings (SSSR count). The summed E-state index contributed by atoms with van der Waals surface area (Å²) < 4.78 is 16.8. The Hall–Kier alpha value is -3.72. The summed E-state index contributed by atoms with van der Waals surface area (Å²) in [4.78, 5) is 24.7. The Morgan fingerprint density at radius 2 is 1.90 bits per heavy atom. The molecule has 0 aliphatic heterocycles. The number of nitrogens with one attached hydrogen (secondary N) is 1. The van der Waals surface area contributed by atoms with E-state index in [1.54, 1.807) is 30.3 Å². The molecule has 4 aromatic rings. The second-order valence-electron chi connectivity index (χ2n) is 6.55. The first-order valence-electron chi connectivity index (χ1n) is 9.20. The predicted molar refractivity (Wildman–Crippen MR) is 114 cm³/mol. The van der Waals surface area contributed by atoms with E-state index in [0.29, 0.717) is 11.6 Å². The molecule has 0 bridgehead atoms. The largest absolute Gasteiger partial charge is 0.459 e. The Labute approximate surface area is 185 Å². The van der Waals surface area contributed by atoms with Crippen LogP contribution in [0.5, 0.6) is 0 Å². The maximum atomic E-state index is 12.5. The first-order valence-corrected chi connectivity index (χ1v) is 10.00. The Morgan fingerprint density at radius 3 is 2.65 bits per heavy atom. The topological polar surface area (TPSA) is 107 Å². The van der Waals surface area contributed by atoms with Crippen LogP contribution in [0.4, 0.5) is 5.69 Å². The highest BCUT2D eigenvalue weighted by Crippen LogP contribution is 2.22. The summed E-state index contributed by atoms with van der Waals surface area (Å²) in [5, 5.41) is 10.6. The van der Waals surface area contributed by atoms with Gasteiger partial charge in [-0.25, -0.2) is 4.79 Å². The van der Waals surface area contributed by atoms with Gasteiger partial charge in [0.1, 0.15) is 0 Å². The van der Waals surface area contributed by atoms with Gasteiger partial charge in [-0.3, -0.25) is 4.79 Å². The van der Waals surface area contributed by atoms with Crippen LogP contribution < -0.4 is 5.32 Å². The van der Waals surface area contributed by atoms with Gasteiger partial charge in [0, 0.05) is 15.7 Å². The van der Waals surface area contributed by atoms with E-state index in [0.717, 1.165) is 15.6 Å². The molecule has 0 unspecified atom stereocenters. The lowest BCUT2D eigenvalue weighted by atomic mass is 10.1. The lowest BCUT2D eigenvalue weighted by Gasteiger charge is -2.09. The fourth-order valence-corrected chi connectivity index (χ4v) is 2.97. The molecule has 0 atom stereocenters. The van der Waals surface area contributed by atoms with Crippen LogP contribution in [0.3, 0.4) is 0 Å². The molecule has 0 aliphatic rings. The molecular formula is C22H16BrN3O5. The van der Waals surface area contributed by atoms with E-state index in [1.807, 2.05) is 31.2 Å². The van der Waals surface area contributed by atoms with E-state index < -0.39 is 11.9 Å². The van der Waals surface area contributed by atoms with Gasteiger partial charge in [-0.1, -0.05) is 22.0 Å². The molecule has 2 aromatic carbocycles. The van der Waals surface area contributed by atoms with Gasteiger partial charge >= 0.3 is 5.97 Å². The van der Waals surface area contributed by atoms with Crippen molar-refractivity contribution in [1.29, 1.82) is 0 Å². The zero-order valence-electron chi connectivity index (χ0n) is 16.3. The number of aryl methyl sites for hydroxylation is 1. The molecule has 0 spiro atoms. The third kappa shape index (κ3) is 4.89. The van der Waals surface area contributed by atoms with Crippen molar-refractivity contribution in [2.24, 2.45) is 0 Å². The lowest BCUT2D eigenvalue weighted by molar-refractivity contribution is 0.0438. The Kier molecular flexibility index (Phi) is 5.94. The average Bonchev–Trinajstić information content (AvgIpc) is 3.46. The second-order valence-corrected chi connectivity index (χ2v) is 7.46. The van der Waals surface area contributed by atoms with Crippen molar-refractivity contribution in [2.75, 3.05) is 5.32 Å². The number of hydrogen-bond donors (Lipinski definition) is 1. The molecule has 2 aromatic heterocycles. The molecule has 0 radical (unpaired) electrons. The molecule has 156 valence electrons. The van der Waals surface area contributed by atoms with Crippen molar-refractivity contribution in [3.8, 4) is 11.5 Å². The van der Waals surface area contributed by atoms with Crippen LogP contribution in [0.1, 0.15) is 32.4 Å². The number of benzene rings is 2. The molecule has 0 fully saturated rings. The quantitative estimate of drug-likeness (QED) is 0.385. The number of nitrogens with zero attached hydrogens (tertiary/aromatic N) is 2. The minimum absolute atomic E-state index is 0.171. The number of esters is 1. The number of halogens is 1. The Balaban J connectivity index is 1.41. The summed E-state index contributed by atoms with van der Waals surface area (Å²) in [5.74, 6) is -0.325. The molecule has 1 N–H and O–H groups in total. The number of aromatic nitrogens is 2. The number of anilines is 1. The van der Waals surface area contributed by atoms with Crippen LogP contribution in [-0.2, 0) is 11.3 Å². The number of rotatable bonds is 6. The van der Waals surface area contributed by atoms with Gasteiger partial charge in [-0.2, -0.15) is 0 Å². The number of carbonyl (C=O) groups is 2. The summed E-state index contributed by atoms with van der Waals surface area (Å²) in [5.41, 5.74) is 2.29. The summed E-state index contributed by atoms with van der Waals surface area (Å²) in [6, 6.07) is 15.4. The van der Waals surface area contributed by atoms with Crippen LogP contribution in [-0.4, -0.2) is 22.1 Å². The summed E-state index contributed by atoms with van der Waals surface area (Å²) >= 11 is 3.37. The zero-order chi connectivity index (χ0) is 21.8.